The van der Waals surface area contributed by atoms with Gasteiger partial charge in [-0.25, -0.2) is 4.39 Å². The third-order valence-electron chi connectivity index (χ3n) is 2.59. The lowest BCUT2D eigenvalue weighted by Crippen LogP contribution is -1.89. The lowest BCUT2D eigenvalue weighted by atomic mass is 10.1. The van der Waals surface area contributed by atoms with Crippen LogP contribution in [0.5, 0.6) is 0 Å². The summed E-state index contributed by atoms with van der Waals surface area (Å²) in [5, 5.41) is 8.78. The standard InChI is InChI=1S/C15H10FNOS/c16-15-6-3-12(8-17)7-13(15)10-19-14-4-1-11(9-18)2-5-14/h1-7,9H,10H2. The van der Waals surface area contributed by atoms with Gasteiger partial charge in [-0.2, -0.15) is 5.26 Å². The Hall–Kier alpha value is -2.12. The van der Waals surface area contributed by atoms with Gasteiger partial charge in [0.1, 0.15) is 12.1 Å². The van der Waals surface area contributed by atoms with E-state index in [0.717, 1.165) is 11.2 Å². The zero-order chi connectivity index (χ0) is 13.7. The van der Waals surface area contributed by atoms with Crippen molar-refractivity contribution in [3.63, 3.8) is 0 Å². The molecule has 2 rings (SSSR count). The Balaban J connectivity index is 2.09. The van der Waals surface area contributed by atoms with Gasteiger partial charge < -0.3 is 0 Å². The molecule has 4 heteroatoms. The van der Waals surface area contributed by atoms with Crippen molar-refractivity contribution < 1.29 is 9.18 Å². The molecule has 0 fully saturated rings. The molecule has 0 heterocycles. The lowest BCUT2D eigenvalue weighted by molar-refractivity contribution is 0.112. The molecule has 94 valence electrons. The third-order valence-corrected chi connectivity index (χ3v) is 3.65. The van der Waals surface area contributed by atoms with Crippen LogP contribution in [0, 0.1) is 17.1 Å². The normalized spacial score (nSPS) is 9.89. The van der Waals surface area contributed by atoms with Crippen LogP contribution < -0.4 is 0 Å². The van der Waals surface area contributed by atoms with Gasteiger partial charge in [0.25, 0.3) is 0 Å². The number of hydrogen-bond donors (Lipinski definition) is 0. The highest BCUT2D eigenvalue weighted by molar-refractivity contribution is 7.98. The summed E-state index contributed by atoms with van der Waals surface area (Å²) < 4.78 is 13.6. The Morgan fingerprint density at radius 3 is 2.58 bits per heavy atom. The summed E-state index contributed by atoms with van der Waals surface area (Å²) in [6, 6.07) is 13.4. The quantitative estimate of drug-likeness (QED) is 0.627. The van der Waals surface area contributed by atoms with Gasteiger partial charge in [0, 0.05) is 16.2 Å². The molecule has 0 radical (unpaired) electrons. The molecule has 0 saturated heterocycles. The van der Waals surface area contributed by atoms with Crippen LogP contribution in [0.4, 0.5) is 4.39 Å². The van der Waals surface area contributed by atoms with E-state index >= 15 is 0 Å². The van der Waals surface area contributed by atoms with Gasteiger partial charge in [0.15, 0.2) is 0 Å². The fourth-order valence-corrected chi connectivity index (χ4v) is 2.43. The molecule has 0 aliphatic rings. The number of carbonyl (C=O) groups excluding carboxylic acids is 1. The maximum absolute atomic E-state index is 13.6. The van der Waals surface area contributed by atoms with E-state index in [2.05, 4.69) is 0 Å². The number of nitriles is 1. The van der Waals surface area contributed by atoms with Crippen molar-refractivity contribution in [3.05, 3.63) is 65.0 Å². The van der Waals surface area contributed by atoms with Gasteiger partial charge in [0.05, 0.1) is 11.6 Å². The highest BCUT2D eigenvalue weighted by Gasteiger charge is 2.04. The average Bonchev–Trinajstić information content (AvgIpc) is 2.47. The highest BCUT2D eigenvalue weighted by atomic mass is 32.2. The Morgan fingerprint density at radius 2 is 1.95 bits per heavy atom. The fraction of sp³-hybridized carbons (Fsp3) is 0.0667. The van der Waals surface area contributed by atoms with Crippen molar-refractivity contribution >= 4 is 18.0 Å². The highest BCUT2D eigenvalue weighted by Crippen LogP contribution is 2.24. The maximum atomic E-state index is 13.6. The van der Waals surface area contributed by atoms with Crippen LogP contribution in [0.1, 0.15) is 21.5 Å². The molecule has 0 N–H and O–H groups in total. The average molecular weight is 271 g/mol. The first-order valence-corrected chi connectivity index (χ1v) is 6.58. The van der Waals surface area contributed by atoms with Gasteiger partial charge in [0.2, 0.25) is 0 Å². The molecule has 0 atom stereocenters. The van der Waals surface area contributed by atoms with E-state index in [0.29, 0.717) is 22.4 Å². The SMILES string of the molecule is N#Cc1ccc(F)c(CSc2ccc(C=O)cc2)c1. The molecular formula is C15H10FNOS. The van der Waals surface area contributed by atoms with Crippen LogP contribution >= 0.6 is 11.8 Å². The maximum Gasteiger partial charge on any atom is 0.150 e. The van der Waals surface area contributed by atoms with Crippen LogP contribution in [0.15, 0.2) is 47.4 Å². The molecule has 0 aliphatic heterocycles. The predicted molar refractivity (Wildman–Crippen MR) is 72.5 cm³/mol. The summed E-state index contributed by atoms with van der Waals surface area (Å²) in [5.41, 5.74) is 1.57. The molecule has 2 aromatic rings. The zero-order valence-electron chi connectivity index (χ0n) is 9.97. The Labute approximate surface area is 114 Å². The Kier molecular flexibility index (Phi) is 4.32. The minimum atomic E-state index is -0.309. The van der Waals surface area contributed by atoms with Crippen molar-refractivity contribution in [2.75, 3.05) is 0 Å². The van der Waals surface area contributed by atoms with E-state index in [-0.39, 0.29) is 5.82 Å². The molecule has 0 amide bonds. The predicted octanol–water partition coefficient (Wildman–Crippen LogP) is 3.80. The molecular weight excluding hydrogens is 261 g/mol. The Morgan fingerprint density at radius 1 is 1.21 bits per heavy atom. The minimum absolute atomic E-state index is 0.309. The number of rotatable bonds is 4. The molecule has 0 aromatic heterocycles. The first-order chi connectivity index (χ1) is 9.22. The van der Waals surface area contributed by atoms with Gasteiger partial charge in [-0.3, -0.25) is 4.79 Å². The van der Waals surface area contributed by atoms with E-state index in [1.165, 1.54) is 23.9 Å². The number of aldehydes is 1. The summed E-state index contributed by atoms with van der Waals surface area (Å²) >= 11 is 1.46. The van der Waals surface area contributed by atoms with Crippen molar-refractivity contribution in [1.82, 2.24) is 0 Å². The molecule has 2 nitrogen and oxygen atoms in total. The van der Waals surface area contributed by atoms with E-state index < -0.39 is 0 Å². The number of benzene rings is 2. The monoisotopic (exact) mass is 271 g/mol. The molecule has 0 spiro atoms. The van der Waals surface area contributed by atoms with Gasteiger partial charge in [-0.05, 0) is 35.9 Å². The summed E-state index contributed by atoms with van der Waals surface area (Å²) in [6.45, 7) is 0. The topological polar surface area (TPSA) is 40.9 Å². The minimum Gasteiger partial charge on any atom is -0.298 e. The molecule has 0 saturated carbocycles. The zero-order valence-corrected chi connectivity index (χ0v) is 10.8. The number of hydrogen-bond acceptors (Lipinski definition) is 3. The van der Waals surface area contributed by atoms with E-state index in [9.17, 15) is 9.18 Å². The van der Waals surface area contributed by atoms with Crippen molar-refractivity contribution in [2.45, 2.75) is 10.6 Å². The number of thioether (sulfide) groups is 1. The summed E-state index contributed by atoms with van der Waals surface area (Å²) in [7, 11) is 0. The molecule has 0 aliphatic carbocycles. The van der Waals surface area contributed by atoms with Crippen molar-refractivity contribution in [3.8, 4) is 6.07 Å². The van der Waals surface area contributed by atoms with Crippen LogP contribution in [0.3, 0.4) is 0 Å². The van der Waals surface area contributed by atoms with E-state index in [1.54, 1.807) is 18.2 Å². The smallest absolute Gasteiger partial charge is 0.150 e. The van der Waals surface area contributed by atoms with E-state index in [1.807, 2.05) is 18.2 Å². The molecule has 0 bridgehead atoms. The van der Waals surface area contributed by atoms with Crippen molar-refractivity contribution in [1.29, 1.82) is 5.26 Å². The fourth-order valence-electron chi connectivity index (χ4n) is 1.56. The molecule has 0 unspecified atom stereocenters. The van der Waals surface area contributed by atoms with Crippen LogP contribution in [0.2, 0.25) is 0 Å². The van der Waals surface area contributed by atoms with Gasteiger partial charge in [-0.15, -0.1) is 11.8 Å². The Bertz CT molecular complexity index is 632. The first kappa shape index (κ1) is 13.3. The lowest BCUT2D eigenvalue weighted by Gasteiger charge is -2.04. The van der Waals surface area contributed by atoms with Crippen LogP contribution in [-0.2, 0) is 5.75 Å². The third kappa shape index (κ3) is 3.43. The molecule has 19 heavy (non-hydrogen) atoms. The van der Waals surface area contributed by atoms with E-state index in [4.69, 9.17) is 5.26 Å². The number of carbonyl (C=O) groups is 1. The first-order valence-electron chi connectivity index (χ1n) is 5.59. The van der Waals surface area contributed by atoms with Gasteiger partial charge >= 0.3 is 0 Å². The molecule has 2 aromatic carbocycles. The second kappa shape index (κ2) is 6.17. The summed E-state index contributed by atoms with van der Waals surface area (Å²) in [4.78, 5) is 11.5. The number of halogens is 1. The van der Waals surface area contributed by atoms with Gasteiger partial charge in [-0.1, -0.05) is 12.1 Å². The largest absolute Gasteiger partial charge is 0.298 e. The van der Waals surface area contributed by atoms with Crippen LogP contribution in [0.25, 0.3) is 0 Å². The second-order valence-corrected chi connectivity index (χ2v) is 4.94. The van der Waals surface area contributed by atoms with Crippen molar-refractivity contribution in [2.24, 2.45) is 0 Å². The second-order valence-electron chi connectivity index (χ2n) is 3.89. The summed E-state index contributed by atoms with van der Waals surface area (Å²) in [6.07, 6.45) is 0.782. The van der Waals surface area contributed by atoms with Crippen LogP contribution in [-0.4, -0.2) is 6.29 Å². The summed E-state index contributed by atoms with van der Waals surface area (Å²) in [5.74, 6) is 0.137. The number of nitrogens with zero attached hydrogens (tertiary/aromatic N) is 1.